The van der Waals surface area contributed by atoms with Gasteiger partial charge in [-0.05, 0) is 43.9 Å². The van der Waals surface area contributed by atoms with Crippen LogP contribution in [-0.4, -0.2) is 11.9 Å². The molecule has 17 heavy (non-hydrogen) atoms. The molecule has 1 rings (SSSR count). The van der Waals surface area contributed by atoms with Crippen LogP contribution in [0, 0.1) is 0 Å². The highest BCUT2D eigenvalue weighted by molar-refractivity contribution is 5.94. The molecule has 0 aliphatic rings. The summed E-state index contributed by atoms with van der Waals surface area (Å²) in [5, 5.41) is 2.89. The molecule has 0 spiro atoms. The Morgan fingerprint density at radius 2 is 1.76 bits per heavy atom. The third kappa shape index (κ3) is 4.22. The summed E-state index contributed by atoms with van der Waals surface area (Å²) in [6.45, 7) is 8.36. The van der Waals surface area contributed by atoms with Crippen molar-refractivity contribution in [3.8, 4) is 0 Å². The van der Waals surface area contributed by atoms with E-state index in [1.165, 1.54) is 18.4 Å². The number of carbonyl (C=O) groups excluding carboxylic acids is 1. The number of benzene rings is 1. The van der Waals surface area contributed by atoms with E-state index in [0.29, 0.717) is 5.92 Å². The summed E-state index contributed by atoms with van der Waals surface area (Å²) in [6.07, 6.45) is 2.38. The highest BCUT2D eigenvalue weighted by atomic mass is 16.1. The van der Waals surface area contributed by atoms with Gasteiger partial charge in [0.15, 0.2) is 0 Å². The molecule has 2 nitrogen and oxygen atoms in total. The average Bonchev–Trinajstić information content (AvgIpc) is 2.28. The fourth-order valence-electron chi connectivity index (χ4n) is 1.91. The van der Waals surface area contributed by atoms with Gasteiger partial charge in [0.25, 0.3) is 5.91 Å². The summed E-state index contributed by atoms with van der Waals surface area (Å²) in [6, 6.07) is 8.14. The van der Waals surface area contributed by atoms with Gasteiger partial charge in [0.1, 0.15) is 0 Å². The molecule has 0 radical (unpaired) electrons. The van der Waals surface area contributed by atoms with Crippen molar-refractivity contribution in [1.29, 1.82) is 0 Å². The Morgan fingerprint density at radius 1 is 1.18 bits per heavy atom. The van der Waals surface area contributed by atoms with Crippen molar-refractivity contribution in [1.82, 2.24) is 5.32 Å². The Hall–Kier alpha value is -1.31. The van der Waals surface area contributed by atoms with Crippen LogP contribution < -0.4 is 5.32 Å². The van der Waals surface area contributed by atoms with Gasteiger partial charge in [-0.15, -0.1) is 0 Å². The van der Waals surface area contributed by atoms with E-state index in [2.05, 4.69) is 31.3 Å². The first-order valence-corrected chi connectivity index (χ1v) is 6.45. The highest BCUT2D eigenvalue weighted by Crippen LogP contribution is 2.20. The van der Waals surface area contributed by atoms with Crippen LogP contribution in [0.25, 0.3) is 0 Å². The molecule has 1 aromatic carbocycles. The van der Waals surface area contributed by atoms with Crippen LogP contribution in [0.5, 0.6) is 0 Å². The molecule has 0 fully saturated rings. The van der Waals surface area contributed by atoms with Crippen molar-refractivity contribution in [2.24, 2.45) is 0 Å². The Balaban J connectivity index is 2.70. The fraction of sp³-hybridized carbons (Fsp3) is 0.533. The smallest absolute Gasteiger partial charge is 0.251 e. The number of hydrogen-bond donors (Lipinski definition) is 1. The highest BCUT2D eigenvalue weighted by Gasteiger charge is 2.08. The van der Waals surface area contributed by atoms with E-state index in [9.17, 15) is 4.79 Å². The summed E-state index contributed by atoms with van der Waals surface area (Å²) in [5.41, 5.74) is 2.05. The number of rotatable bonds is 5. The predicted octanol–water partition coefficient (Wildman–Crippen LogP) is 3.73. The second-order valence-electron chi connectivity index (χ2n) is 4.94. The third-order valence-corrected chi connectivity index (χ3v) is 2.88. The molecule has 1 unspecified atom stereocenters. The molecular weight excluding hydrogens is 210 g/mol. The molecule has 0 aromatic heterocycles. The zero-order chi connectivity index (χ0) is 12.8. The van der Waals surface area contributed by atoms with Crippen LogP contribution >= 0.6 is 0 Å². The van der Waals surface area contributed by atoms with Crippen molar-refractivity contribution in [2.75, 3.05) is 0 Å². The fourth-order valence-corrected chi connectivity index (χ4v) is 1.91. The van der Waals surface area contributed by atoms with Gasteiger partial charge in [-0.2, -0.15) is 0 Å². The van der Waals surface area contributed by atoms with Gasteiger partial charge in [-0.1, -0.05) is 32.4 Å². The van der Waals surface area contributed by atoms with Crippen LogP contribution in [0.4, 0.5) is 0 Å². The van der Waals surface area contributed by atoms with Crippen molar-refractivity contribution >= 4 is 5.91 Å². The summed E-state index contributed by atoms with van der Waals surface area (Å²) in [7, 11) is 0. The van der Waals surface area contributed by atoms with Gasteiger partial charge in [0, 0.05) is 11.6 Å². The van der Waals surface area contributed by atoms with Gasteiger partial charge in [0.05, 0.1) is 0 Å². The largest absolute Gasteiger partial charge is 0.350 e. The van der Waals surface area contributed by atoms with Crippen molar-refractivity contribution < 1.29 is 4.79 Å². The number of nitrogens with one attached hydrogen (secondary N) is 1. The van der Waals surface area contributed by atoms with E-state index in [-0.39, 0.29) is 11.9 Å². The second-order valence-corrected chi connectivity index (χ2v) is 4.94. The summed E-state index contributed by atoms with van der Waals surface area (Å²) in [4.78, 5) is 11.8. The Labute approximate surface area is 104 Å². The second kappa shape index (κ2) is 6.43. The van der Waals surface area contributed by atoms with Crippen molar-refractivity contribution in [2.45, 2.75) is 52.5 Å². The first-order valence-electron chi connectivity index (χ1n) is 6.45. The predicted molar refractivity (Wildman–Crippen MR) is 72.4 cm³/mol. The molecular formula is C15H23NO. The van der Waals surface area contributed by atoms with Gasteiger partial charge in [-0.3, -0.25) is 4.79 Å². The summed E-state index contributed by atoms with van der Waals surface area (Å²) in [5.74, 6) is 0.580. The van der Waals surface area contributed by atoms with Crippen LogP contribution in [-0.2, 0) is 0 Å². The molecule has 1 N–H and O–H groups in total. The third-order valence-electron chi connectivity index (χ3n) is 2.88. The molecule has 0 saturated heterocycles. The Bertz CT molecular complexity index is 354. The summed E-state index contributed by atoms with van der Waals surface area (Å²) >= 11 is 0. The van der Waals surface area contributed by atoms with Crippen molar-refractivity contribution in [3.05, 3.63) is 35.4 Å². The average molecular weight is 233 g/mol. The zero-order valence-electron chi connectivity index (χ0n) is 11.3. The van der Waals surface area contributed by atoms with Gasteiger partial charge >= 0.3 is 0 Å². The van der Waals surface area contributed by atoms with Gasteiger partial charge < -0.3 is 5.32 Å². The lowest BCUT2D eigenvalue weighted by Gasteiger charge is -2.12. The van der Waals surface area contributed by atoms with E-state index in [1.807, 2.05) is 26.0 Å². The topological polar surface area (TPSA) is 29.1 Å². The van der Waals surface area contributed by atoms with E-state index in [4.69, 9.17) is 0 Å². The van der Waals surface area contributed by atoms with E-state index in [1.54, 1.807) is 0 Å². The lowest BCUT2D eigenvalue weighted by molar-refractivity contribution is 0.0943. The standard InChI is InChI=1S/C15H23NO/c1-5-6-12(4)13-7-9-14(10-8-13)15(17)16-11(2)3/h7-12H,5-6H2,1-4H3,(H,16,17). The SMILES string of the molecule is CCCC(C)c1ccc(C(=O)NC(C)C)cc1. The Morgan fingerprint density at radius 3 is 2.24 bits per heavy atom. The van der Waals surface area contributed by atoms with Crippen LogP contribution in [0.3, 0.4) is 0 Å². The Kier molecular flexibility index (Phi) is 5.20. The van der Waals surface area contributed by atoms with Gasteiger partial charge in [0.2, 0.25) is 0 Å². The molecule has 1 aromatic rings. The lowest BCUT2D eigenvalue weighted by Crippen LogP contribution is -2.29. The number of carbonyl (C=O) groups is 1. The van der Waals surface area contributed by atoms with E-state index in [0.717, 1.165) is 5.56 Å². The van der Waals surface area contributed by atoms with Gasteiger partial charge in [-0.25, -0.2) is 0 Å². The number of hydrogen-bond acceptors (Lipinski definition) is 1. The molecule has 2 heteroatoms. The quantitative estimate of drug-likeness (QED) is 0.825. The van der Waals surface area contributed by atoms with Crippen LogP contribution in [0.1, 0.15) is 62.4 Å². The maximum absolute atomic E-state index is 11.8. The molecule has 0 aliphatic heterocycles. The minimum atomic E-state index is 0.00898. The normalized spacial score (nSPS) is 12.5. The molecule has 0 aliphatic carbocycles. The van der Waals surface area contributed by atoms with Crippen LogP contribution in [0.15, 0.2) is 24.3 Å². The molecule has 1 amide bonds. The molecule has 0 heterocycles. The van der Waals surface area contributed by atoms with E-state index < -0.39 is 0 Å². The molecule has 0 bridgehead atoms. The zero-order valence-corrected chi connectivity index (χ0v) is 11.3. The maximum atomic E-state index is 11.8. The lowest BCUT2D eigenvalue weighted by atomic mass is 9.95. The minimum Gasteiger partial charge on any atom is -0.350 e. The molecule has 1 atom stereocenters. The van der Waals surface area contributed by atoms with Crippen LogP contribution in [0.2, 0.25) is 0 Å². The molecule has 0 saturated carbocycles. The first kappa shape index (κ1) is 13.8. The van der Waals surface area contributed by atoms with E-state index >= 15 is 0 Å². The molecule has 94 valence electrons. The van der Waals surface area contributed by atoms with Crippen molar-refractivity contribution in [3.63, 3.8) is 0 Å². The maximum Gasteiger partial charge on any atom is 0.251 e. The summed E-state index contributed by atoms with van der Waals surface area (Å²) < 4.78 is 0. The minimum absolute atomic E-state index is 0.00898. The first-order chi connectivity index (χ1) is 8.04. The monoisotopic (exact) mass is 233 g/mol. The number of amides is 1.